The average molecular weight is 225 g/mol. The summed E-state index contributed by atoms with van der Waals surface area (Å²) in [6.07, 6.45) is 1.96. The molecule has 88 valence electrons. The maximum Gasteiger partial charge on any atom is 0.129 e. The van der Waals surface area contributed by atoms with Gasteiger partial charge in [-0.1, -0.05) is 19.9 Å². The van der Waals surface area contributed by atoms with E-state index in [1.807, 2.05) is 0 Å². The molecule has 1 nitrogen and oxygen atoms in total. The highest BCUT2D eigenvalue weighted by molar-refractivity contribution is 5.33. The van der Waals surface area contributed by atoms with Gasteiger partial charge in [-0.25, -0.2) is 8.78 Å². The van der Waals surface area contributed by atoms with Crippen LogP contribution in [-0.2, 0) is 5.41 Å². The Kier molecular flexibility index (Phi) is 2.98. The van der Waals surface area contributed by atoms with Crippen LogP contribution in [0.1, 0.15) is 32.3 Å². The zero-order valence-electron chi connectivity index (χ0n) is 9.69. The lowest BCUT2D eigenvalue weighted by Gasteiger charge is -2.19. The Morgan fingerprint density at radius 3 is 2.50 bits per heavy atom. The third-order valence-electron chi connectivity index (χ3n) is 3.20. The normalized spacial score (nSPS) is 17.8. The molecular weight excluding hydrogens is 208 g/mol. The van der Waals surface area contributed by atoms with Crippen molar-refractivity contribution in [2.24, 2.45) is 0 Å². The van der Waals surface area contributed by atoms with Crippen molar-refractivity contribution in [3.63, 3.8) is 0 Å². The van der Waals surface area contributed by atoms with Crippen LogP contribution in [0.25, 0.3) is 0 Å². The molecule has 1 aromatic carbocycles. The zero-order chi connectivity index (χ0) is 11.8. The van der Waals surface area contributed by atoms with E-state index < -0.39 is 11.6 Å². The van der Waals surface area contributed by atoms with Gasteiger partial charge in [-0.3, -0.25) is 0 Å². The standard InChI is InChI=1S/C13H17F2N/c1-9(2)16-8-13(5-6-13)11-4-3-10(14)7-12(11)15/h3-4,7,9,16H,5-6,8H2,1-2H3. The molecule has 1 aromatic rings. The summed E-state index contributed by atoms with van der Waals surface area (Å²) >= 11 is 0. The van der Waals surface area contributed by atoms with Gasteiger partial charge >= 0.3 is 0 Å². The van der Waals surface area contributed by atoms with Crippen molar-refractivity contribution in [3.8, 4) is 0 Å². The van der Waals surface area contributed by atoms with Gasteiger partial charge in [0.05, 0.1) is 0 Å². The molecule has 0 aliphatic heterocycles. The van der Waals surface area contributed by atoms with E-state index in [2.05, 4.69) is 19.2 Å². The maximum absolute atomic E-state index is 13.6. The van der Waals surface area contributed by atoms with Crippen molar-refractivity contribution in [2.75, 3.05) is 6.54 Å². The molecule has 0 radical (unpaired) electrons. The molecule has 0 spiro atoms. The Hall–Kier alpha value is -0.960. The lowest BCUT2D eigenvalue weighted by Crippen LogP contribution is -2.32. The second-order valence-electron chi connectivity index (χ2n) is 4.94. The molecule has 0 saturated heterocycles. The van der Waals surface area contributed by atoms with Gasteiger partial charge in [0.2, 0.25) is 0 Å². The summed E-state index contributed by atoms with van der Waals surface area (Å²) in [7, 11) is 0. The molecule has 1 fully saturated rings. The number of nitrogens with one attached hydrogen (secondary N) is 1. The van der Waals surface area contributed by atoms with Gasteiger partial charge in [-0.15, -0.1) is 0 Å². The van der Waals surface area contributed by atoms with Gasteiger partial charge in [0.1, 0.15) is 11.6 Å². The maximum atomic E-state index is 13.6. The molecule has 0 aromatic heterocycles. The minimum atomic E-state index is -0.506. The molecule has 1 aliphatic rings. The summed E-state index contributed by atoms with van der Waals surface area (Å²) in [6, 6.07) is 4.29. The molecule has 0 unspecified atom stereocenters. The van der Waals surface area contributed by atoms with Gasteiger partial charge in [-0.2, -0.15) is 0 Å². The minimum Gasteiger partial charge on any atom is -0.314 e. The van der Waals surface area contributed by atoms with Gasteiger partial charge in [0.15, 0.2) is 0 Å². The first-order valence-corrected chi connectivity index (χ1v) is 5.72. The van der Waals surface area contributed by atoms with Crippen LogP contribution in [0.2, 0.25) is 0 Å². The van der Waals surface area contributed by atoms with Crippen LogP contribution in [0.15, 0.2) is 18.2 Å². The molecule has 1 saturated carbocycles. The van der Waals surface area contributed by atoms with E-state index in [0.717, 1.165) is 25.5 Å². The monoisotopic (exact) mass is 225 g/mol. The molecular formula is C13H17F2N. The van der Waals surface area contributed by atoms with Crippen LogP contribution in [-0.4, -0.2) is 12.6 Å². The number of hydrogen-bond acceptors (Lipinski definition) is 1. The van der Waals surface area contributed by atoms with E-state index in [4.69, 9.17) is 0 Å². The molecule has 16 heavy (non-hydrogen) atoms. The Bertz CT molecular complexity index is 384. The SMILES string of the molecule is CC(C)NCC1(c2ccc(F)cc2F)CC1. The number of rotatable bonds is 4. The molecule has 1 N–H and O–H groups in total. The van der Waals surface area contributed by atoms with Crippen molar-refractivity contribution in [2.45, 2.75) is 38.1 Å². The third kappa shape index (κ3) is 2.24. The Morgan fingerprint density at radius 1 is 1.31 bits per heavy atom. The summed E-state index contributed by atoms with van der Waals surface area (Å²) in [4.78, 5) is 0. The Morgan fingerprint density at radius 2 is 2.00 bits per heavy atom. The zero-order valence-corrected chi connectivity index (χ0v) is 9.69. The predicted octanol–water partition coefficient (Wildman–Crippen LogP) is 2.99. The largest absolute Gasteiger partial charge is 0.314 e. The van der Waals surface area contributed by atoms with E-state index in [1.165, 1.54) is 6.07 Å². The second kappa shape index (κ2) is 4.13. The Labute approximate surface area is 94.9 Å². The molecule has 2 rings (SSSR count). The van der Waals surface area contributed by atoms with E-state index in [1.54, 1.807) is 6.07 Å². The van der Waals surface area contributed by atoms with Crippen LogP contribution < -0.4 is 5.32 Å². The molecule has 3 heteroatoms. The number of hydrogen-bond donors (Lipinski definition) is 1. The lowest BCUT2D eigenvalue weighted by molar-refractivity contribution is 0.493. The van der Waals surface area contributed by atoms with Crippen LogP contribution in [0.4, 0.5) is 8.78 Å². The quantitative estimate of drug-likeness (QED) is 0.830. The van der Waals surface area contributed by atoms with Gasteiger partial charge in [0.25, 0.3) is 0 Å². The number of halogens is 2. The van der Waals surface area contributed by atoms with E-state index in [9.17, 15) is 8.78 Å². The van der Waals surface area contributed by atoms with Gasteiger partial charge in [-0.05, 0) is 24.5 Å². The van der Waals surface area contributed by atoms with Crippen molar-refractivity contribution in [3.05, 3.63) is 35.4 Å². The highest BCUT2D eigenvalue weighted by atomic mass is 19.1. The van der Waals surface area contributed by atoms with Crippen molar-refractivity contribution < 1.29 is 8.78 Å². The van der Waals surface area contributed by atoms with Crippen LogP contribution >= 0.6 is 0 Å². The predicted molar refractivity (Wildman–Crippen MR) is 60.4 cm³/mol. The smallest absolute Gasteiger partial charge is 0.129 e. The molecule has 0 bridgehead atoms. The van der Waals surface area contributed by atoms with E-state index in [0.29, 0.717) is 11.6 Å². The summed E-state index contributed by atoms with van der Waals surface area (Å²) in [5.41, 5.74) is 0.559. The fourth-order valence-electron chi connectivity index (χ4n) is 2.01. The van der Waals surface area contributed by atoms with E-state index >= 15 is 0 Å². The topological polar surface area (TPSA) is 12.0 Å². The molecule has 1 aliphatic carbocycles. The van der Waals surface area contributed by atoms with E-state index in [-0.39, 0.29) is 5.41 Å². The second-order valence-corrected chi connectivity index (χ2v) is 4.94. The first-order chi connectivity index (χ1) is 7.53. The lowest BCUT2D eigenvalue weighted by atomic mass is 9.95. The summed E-state index contributed by atoms with van der Waals surface area (Å²) in [6.45, 7) is 4.90. The fraction of sp³-hybridized carbons (Fsp3) is 0.538. The Balaban J connectivity index is 2.16. The van der Waals surface area contributed by atoms with Crippen LogP contribution in [0, 0.1) is 11.6 Å². The summed E-state index contributed by atoms with van der Waals surface area (Å²) < 4.78 is 26.5. The third-order valence-corrected chi connectivity index (χ3v) is 3.20. The first-order valence-electron chi connectivity index (χ1n) is 5.72. The summed E-state index contributed by atoms with van der Waals surface area (Å²) in [5, 5.41) is 3.33. The van der Waals surface area contributed by atoms with Crippen molar-refractivity contribution in [1.29, 1.82) is 0 Å². The van der Waals surface area contributed by atoms with Crippen molar-refractivity contribution >= 4 is 0 Å². The fourth-order valence-corrected chi connectivity index (χ4v) is 2.01. The minimum absolute atomic E-state index is 0.0952. The van der Waals surface area contributed by atoms with Crippen LogP contribution in [0.3, 0.4) is 0 Å². The number of benzene rings is 1. The molecule has 0 atom stereocenters. The summed E-state index contributed by atoms with van der Waals surface area (Å²) in [5.74, 6) is -0.920. The highest BCUT2D eigenvalue weighted by Crippen LogP contribution is 2.48. The molecule has 0 amide bonds. The first kappa shape index (κ1) is 11.5. The highest BCUT2D eigenvalue weighted by Gasteiger charge is 2.45. The molecule has 0 heterocycles. The van der Waals surface area contributed by atoms with Crippen molar-refractivity contribution in [1.82, 2.24) is 5.32 Å². The van der Waals surface area contributed by atoms with Gasteiger partial charge in [0, 0.05) is 24.1 Å². The van der Waals surface area contributed by atoms with Gasteiger partial charge < -0.3 is 5.32 Å². The average Bonchev–Trinajstić information content (AvgIpc) is 2.96. The van der Waals surface area contributed by atoms with Crippen LogP contribution in [0.5, 0.6) is 0 Å².